The van der Waals surface area contributed by atoms with Gasteiger partial charge in [-0.3, -0.25) is 4.21 Å². The minimum atomic E-state index is -0.611. The Hall–Kier alpha value is 1.15. The zero-order chi connectivity index (χ0) is 3.58. The summed E-state index contributed by atoms with van der Waals surface area (Å²) < 4.78 is 9.56. The van der Waals surface area contributed by atoms with Crippen molar-refractivity contribution in [3.8, 4) is 0 Å². The molecule has 3 heteroatoms. The predicted molar refractivity (Wildman–Crippen MR) is 20.0 cm³/mol. The third kappa shape index (κ3) is 38.6. The summed E-state index contributed by atoms with van der Waals surface area (Å²) in [7, 11) is -0.611. The van der Waals surface area contributed by atoms with E-state index in [2.05, 4.69) is 0 Å². The molecule has 0 unspecified atom stereocenters. The predicted octanol–water partition coefficient (Wildman–Crippen LogP) is -3.00. The maximum atomic E-state index is 9.56. The van der Waals surface area contributed by atoms with Crippen molar-refractivity contribution >= 4 is 10.8 Å². The van der Waals surface area contributed by atoms with E-state index in [1.807, 2.05) is 0 Å². The van der Waals surface area contributed by atoms with Crippen molar-refractivity contribution in [3.63, 3.8) is 0 Å². The van der Waals surface area contributed by atoms with Crippen molar-refractivity contribution in [2.45, 2.75) is 0 Å². The third-order valence-electron chi connectivity index (χ3n) is 0. The molecular weight excluding hydrogens is 95.1 g/mol. The van der Waals surface area contributed by atoms with E-state index < -0.39 is 10.8 Å². The molecule has 0 heterocycles. The van der Waals surface area contributed by atoms with Gasteiger partial charge in [0.2, 0.25) is 0 Å². The van der Waals surface area contributed by atoms with Crippen molar-refractivity contribution in [3.05, 3.63) is 0 Å². The van der Waals surface area contributed by atoms with E-state index >= 15 is 0 Å². The van der Waals surface area contributed by atoms with Gasteiger partial charge < -0.3 is 0 Å². The molecule has 0 aliphatic carbocycles. The van der Waals surface area contributed by atoms with E-state index in [0.717, 1.165) is 0 Å². The van der Waals surface area contributed by atoms with Crippen molar-refractivity contribution < 1.29 is 33.8 Å². The van der Waals surface area contributed by atoms with Crippen LogP contribution in [0.2, 0.25) is 0 Å². The van der Waals surface area contributed by atoms with E-state index in [0.29, 0.717) is 0 Å². The Morgan fingerprint density at radius 3 is 1.40 bits per heavy atom. The van der Waals surface area contributed by atoms with E-state index in [1.165, 1.54) is 0 Å². The molecule has 0 rings (SSSR count). The summed E-state index contributed by atoms with van der Waals surface area (Å²) in [5, 5.41) is 0. The Balaban J connectivity index is 0. The maximum Gasteiger partial charge on any atom is 1.00 e. The average molecular weight is 101 g/mol. The molecular formula is C2H6NaOS+. The van der Waals surface area contributed by atoms with Crippen LogP contribution >= 0.6 is 0 Å². The molecule has 0 bridgehead atoms. The van der Waals surface area contributed by atoms with Crippen molar-refractivity contribution in [2.75, 3.05) is 12.5 Å². The molecule has 0 fully saturated rings. The van der Waals surface area contributed by atoms with E-state index in [-0.39, 0.29) is 29.6 Å². The monoisotopic (exact) mass is 101 g/mol. The summed E-state index contributed by atoms with van der Waals surface area (Å²) >= 11 is 0. The molecule has 0 saturated carbocycles. The standard InChI is InChI=1S/C2H6OS.Na/c1-4(2)3;/h1-2H3;/q;+1. The van der Waals surface area contributed by atoms with Gasteiger partial charge in [-0.15, -0.1) is 0 Å². The van der Waals surface area contributed by atoms with E-state index in [4.69, 9.17) is 0 Å². The van der Waals surface area contributed by atoms with Gasteiger partial charge >= 0.3 is 29.6 Å². The largest absolute Gasteiger partial charge is 1.00 e. The fourth-order valence-corrected chi connectivity index (χ4v) is 0. The Morgan fingerprint density at radius 1 is 1.40 bits per heavy atom. The number of hydrogen-bond acceptors (Lipinski definition) is 1. The van der Waals surface area contributed by atoms with Gasteiger partial charge in [0.1, 0.15) is 0 Å². The fourth-order valence-electron chi connectivity index (χ4n) is 0. The van der Waals surface area contributed by atoms with Crippen molar-refractivity contribution in [2.24, 2.45) is 0 Å². The van der Waals surface area contributed by atoms with Gasteiger partial charge in [-0.2, -0.15) is 0 Å². The number of rotatable bonds is 0. The summed E-state index contributed by atoms with van der Waals surface area (Å²) in [6.07, 6.45) is 3.28. The SMILES string of the molecule is CS(C)=O.[Na+]. The molecule has 0 N–H and O–H groups in total. The summed E-state index contributed by atoms with van der Waals surface area (Å²) in [4.78, 5) is 0. The first-order valence-corrected chi connectivity index (χ1v) is 2.95. The summed E-state index contributed by atoms with van der Waals surface area (Å²) in [6.45, 7) is 0. The summed E-state index contributed by atoms with van der Waals surface area (Å²) in [5.74, 6) is 0. The van der Waals surface area contributed by atoms with Gasteiger partial charge in [0.15, 0.2) is 0 Å². The van der Waals surface area contributed by atoms with Crippen LogP contribution < -0.4 is 29.6 Å². The Bertz CT molecular complexity index is 32.6. The number of hydrogen-bond donors (Lipinski definition) is 0. The average Bonchev–Trinajstić information content (AvgIpc) is 0.811. The van der Waals surface area contributed by atoms with E-state index in [1.54, 1.807) is 12.5 Å². The Morgan fingerprint density at radius 2 is 1.40 bits per heavy atom. The van der Waals surface area contributed by atoms with Gasteiger partial charge in [-0.1, -0.05) is 0 Å². The smallest absolute Gasteiger partial charge is 0.260 e. The zero-order valence-electron chi connectivity index (χ0n) is 3.82. The molecule has 0 aromatic heterocycles. The van der Waals surface area contributed by atoms with Crippen LogP contribution in [-0.4, -0.2) is 16.7 Å². The van der Waals surface area contributed by atoms with Gasteiger partial charge in [0, 0.05) is 23.3 Å². The first kappa shape index (κ1) is 9.47. The topological polar surface area (TPSA) is 17.1 Å². The normalized spacial score (nSPS) is 7.00. The van der Waals surface area contributed by atoms with Crippen LogP contribution in [0.5, 0.6) is 0 Å². The molecule has 0 aromatic rings. The van der Waals surface area contributed by atoms with E-state index in [9.17, 15) is 4.21 Å². The molecule has 0 aliphatic heterocycles. The summed E-state index contributed by atoms with van der Waals surface area (Å²) in [6, 6.07) is 0. The third-order valence-corrected chi connectivity index (χ3v) is 0. The molecule has 0 aliphatic rings. The van der Waals surface area contributed by atoms with Gasteiger partial charge in [0.25, 0.3) is 0 Å². The molecule has 0 radical (unpaired) electrons. The first-order chi connectivity index (χ1) is 1.73. The maximum absolute atomic E-state index is 9.56. The Kier molecular flexibility index (Phi) is 9.76. The first-order valence-electron chi connectivity index (χ1n) is 0.983. The molecule has 26 valence electrons. The van der Waals surface area contributed by atoms with Gasteiger partial charge in [0.05, 0.1) is 0 Å². The molecule has 0 amide bonds. The quantitative estimate of drug-likeness (QED) is 0.297. The second kappa shape index (κ2) is 5.15. The molecule has 0 spiro atoms. The van der Waals surface area contributed by atoms with Crippen LogP contribution in [0, 0.1) is 0 Å². The zero-order valence-corrected chi connectivity index (χ0v) is 6.63. The van der Waals surface area contributed by atoms with Crippen LogP contribution in [0.15, 0.2) is 0 Å². The van der Waals surface area contributed by atoms with Crippen LogP contribution in [0.3, 0.4) is 0 Å². The van der Waals surface area contributed by atoms with Crippen molar-refractivity contribution in [1.82, 2.24) is 0 Å². The fraction of sp³-hybridized carbons (Fsp3) is 1.00. The molecule has 0 aromatic carbocycles. The second-order valence-corrected chi connectivity index (χ2v) is 2.22. The minimum Gasteiger partial charge on any atom is -0.260 e. The summed E-state index contributed by atoms with van der Waals surface area (Å²) in [5.41, 5.74) is 0. The van der Waals surface area contributed by atoms with Crippen LogP contribution in [-0.2, 0) is 10.8 Å². The van der Waals surface area contributed by atoms with Crippen LogP contribution in [0.4, 0.5) is 0 Å². The van der Waals surface area contributed by atoms with Crippen LogP contribution in [0.1, 0.15) is 0 Å². The molecule has 0 saturated heterocycles. The van der Waals surface area contributed by atoms with Gasteiger partial charge in [-0.05, 0) is 0 Å². The van der Waals surface area contributed by atoms with Gasteiger partial charge in [-0.25, -0.2) is 0 Å². The van der Waals surface area contributed by atoms with Crippen molar-refractivity contribution in [1.29, 1.82) is 0 Å². The molecule has 5 heavy (non-hydrogen) atoms. The Labute approximate surface area is 56.9 Å². The minimum absolute atomic E-state index is 0. The second-order valence-electron chi connectivity index (χ2n) is 0.742. The van der Waals surface area contributed by atoms with Crippen LogP contribution in [0.25, 0.3) is 0 Å². The molecule has 0 atom stereocenters. The molecule has 1 nitrogen and oxygen atoms in total.